The average molecular weight is 257 g/mol. The van der Waals surface area contributed by atoms with Crippen molar-refractivity contribution in [3.63, 3.8) is 0 Å². The largest absolute Gasteiger partial charge is 0.352 e. The summed E-state index contributed by atoms with van der Waals surface area (Å²) in [6, 6.07) is 14.4. The molecule has 3 heteroatoms. The first-order valence-corrected chi connectivity index (χ1v) is 6.25. The van der Waals surface area contributed by atoms with E-state index in [-0.39, 0.29) is 11.5 Å². The number of aryl methyl sites for hydroxylation is 1. The molecule has 2 nitrogen and oxygen atoms in total. The Morgan fingerprint density at radius 2 is 1.89 bits per heavy atom. The van der Waals surface area contributed by atoms with E-state index in [1.807, 2.05) is 37.3 Å². The van der Waals surface area contributed by atoms with E-state index in [9.17, 15) is 9.18 Å². The van der Waals surface area contributed by atoms with Crippen LogP contribution in [-0.2, 0) is 6.42 Å². The molecule has 0 spiro atoms. The molecule has 0 radical (unpaired) electrons. The van der Waals surface area contributed by atoms with E-state index >= 15 is 0 Å². The molecule has 0 saturated carbocycles. The van der Waals surface area contributed by atoms with Crippen LogP contribution < -0.4 is 5.32 Å². The molecule has 2 aromatic carbocycles. The van der Waals surface area contributed by atoms with Gasteiger partial charge in [-0.15, -0.1) is 0 Å². The number of hydrogen-bond donors (Lipinski definition) is 1. The number of carbonyl (C=O) groups excluding carboxylic acids is 1. The zero-order chi connectivity index (χ0) is 13.7. The van der Waals surface area contributed by atoms with E-state index in [1.165, 1.54) is 6.07 Å². The molecule has 98 valence electrons. The molecule has 2 aromatic rings. The molecule has 0 fully saturated rings. The second-order valence-electron chi connectivity index (χ2n) is 4.47. The number of rotatable bonds is 4. The van der Waals surface area contributed by atoms with Crippen LogP contribution >= 0.6 is 0 Å². The Kier molecular flexibility index (Phi) is 4.29. The summed E-state index contributed by atoms with van der Waals surface area (Å²) >= 11 is 0. The van der Waals surface area contributed by atoms with E-state index in [0.717, 1.165) is 17.5 Å². The third kappa shape index (κ3) is 3.65. The molecule has 2 rings (SSSR count). The highest BCUT2D eigenvalue weighted by atomic mass is 19.1. The molecule has 1 amide bonds. The predicted octanol–water partition coefficient (Wildman–Crippen LogP) is 3.11. The molecular weight excluding hydrogens is 241 g/mol. The van der Waals surface area contributed by atoms with Crippen molar-refractivity contribution in [3.8, 4) is 0 Å². The molecule has 0 saturated heterocycles. The molecule has 0 aliphatic heterocycles. The topological polar surface area (TPSA) is 29.1 Å². The van der Waals surface area contributed by atoms with Gasteiger partial charge >= 0.3 is 0 Å². The molecular formula is C16H16FNO. The molecule has 0 aliphatic rings. The quantitative estimate of drug-likeness (QED) is 0.896. The average Bonchev–Trinajstić information content (AvgIpc) is 2.42. The molecule has 0 aromatic heterocycles. The van der Waals surface area contributed by atoms with Gasteiger partial charge < -0.3 is 5.32 Å². The monoisotopic (exact) mass is 257 g/mol. The normalized spacial score (nSPS) is 10.2. The Morgan fingerprint density at radius 1 is 1.16 bits per heavy atom. The number of carbonyl (C=O) groups is 1. The van der Waals surface area contributed by atoms with Crippen molar-refractivity contribution in [1.82, 2.24) is 5.32 Å². The number of benzene rings is 2. The van der Waals surface area contributed by atoms with Gasteiger partial charge in [-0.2, -0.15) is 0 Å². The van der Waals surface area contributed by atoms with Crippen molar-refractivity contribution in [2.75, 3.05) is 6.54 Å². The van der Waals surface area contributed by atoms with Gasteiger partial charge in [-0.25, -0.2) is 4.39 Å². The van der Waals surface area contributed by atoms with Crippen molar-refractivity contribution < 1.29 is 9.18 Å². The lowest BCUT2D eigenvalue weighted by atomic mass is 10.1. The van der Waals surface area contributed by atoms with Crippen LogP contribution in [-0.4, -0.2) is 12.5 Å². The summed E-state index contributed by atoms with van der Waals surface area (Å²) in [4.78, 5) is 11.9. The van der Waals surface area contributed by atoms with Crippen LogP contribution in [0.2, 0.25) is 0 Å². The SMILES string of the molecule is Cc1ccc(F)c(C(=O)NCCc2ccccc2)c1. The summed E-state index contributed by atoms with van der Waals surface area (Å²) in [5.74, 6) is -0.847. The second kappa shape index (κ2) is 6.14. The lowest BCUT2D eigenvalue weighted by Gasteiger charge is -2.07. The van der Waals surface area contributed by atoms with E-state index in [1.54, 1.807) is 12.1 Å². The Labute approximate surface area is 112 Å². The Bertz CT molecular complexity index is 566. The van der Waals surface area contributed by atoms with Gasteiger partial charge in [-0.05, 0) is 31.0 Å². The molecule has 19 heavy (non-hydrogen) atoms. The fourth-order valence-electron chi connectivity index (χ4n) is 1.87. The van der Waals surface area contributed by atoms with E-state index in [4.69, 9.17) is 0 Å². The van der Waals surface area contributed by atoms with Gasteiger partial charge in [0, 0.05) is 6.54 Å². The lowest BCUT2D eigenvalue weighted by molar-refractivity contribution is 0.0950. The minimum Gasteiger partial charge on any atom is -0.352 e. The zero-order valence-corrected chi connectivity index (χ0v) is 10.8. The molecule has 0 bridgehead atoms. The Balaban J connectivity index is 1.93. The van der Waals surface area contributed by atoms with Gasteiger partial charge in [0.1, 0.15) is 5.82 Å². The predicted molar refractivity (Wildman–Crippen MR) is 73.6 cm³/mol. The van der Waals surface area contributed by atoms with Crippen LogP contribution in [0.3, 0.4) is 0 Å². The van der Waals surface area contributed by atoms with E-state index in [0.29, 0.717) is 6.54 Å². The molecule has 0 heterocycles. The smallest absolute Gasteiger partial charge is 0.254 e. The second-order valence-corrected chi connectivity index (χ2v) is 4.47. The first-order chi connectivity index (χ1) is 9.16. The standard InChI is InChI=1S/C16H16FNO/c1-12-7-8-15(17)14(11-12)16(19)18-10-9-13-5-3-2-4-6-13/h2-8,11H,9-10H2,1H3,(H,18,19). The maximum absolute atomic E-state index is 13.5. The maximum Gasteiger partial charge on any atom is 0.254 e. The van der Waals surface area contributed by atoms with Crippen molar-refractivity contribution in [1.29, 1.82) is 0 Å². The van der Waals surface area contributed by atoms with Crippen molar-refractivity contribution in [2.24, 2.45) is 0 Å². The highest BCUT2D eigenvalue weighted by Gasteiger charge is 2.10. The maximum atomic E-state index is 13.5. The molecule has 0 atom stereocenters. The van der Waals surface area contributed by atoms with Crippen molar-refractivity contribution in [2.45, 2.75) is 13.3 Å². The van der Waals surface area contributed by atoms with Crippen LogP contribution in [0.5, 0.6) is 0 Å². The van der Waals surface area contributed by atoms with E-state index in [2.05, 4.69) is 5.32 Å². The van der Waals surface area contributed by atoms with Crippen LogP contribution in [0, 0.1) is 12.7 Å². The van der Waals surface area contributed by atoms with Crippen LogP contribution in [0.1, 0.15) is 21.5 Å². The van der Waals surface area contributed by atoms with Gasteiger partial charge in [0.25, 0.3) is 5.91 Å². The fourth-order valence-corrected chi connectivity index (χ4v) is 1.87. The molecule has 1 N–H and O–H groups in total. The van der Waals surface area contributed by atoms with Crippen LogP contribution in [0.15, 0.2) is 48.5 Å². The minimum atomic E-state index is -0.484. The summed E-state index contributed by atoms with van der Waals surface area (Å²) < 4.78 is 13.5. The Morgan fingerprint density at radius 3 is 2.63 bits per heavy atom. The number of nitrogens with one attached hydrogen (secondary N) is 1. The summed E-state index contributed by atoms with van der Waals surface area (Å²) in [6.07, 6.45) is 0.736. The number of halogens is 1. The fraction of sp³-hybridized carbons (Fsp3) is 0.188. The van der Waals surface area contributed by atoms with Gasteiger partial charge in [-0.1, -0.05) is 42.0 Å². The lowest BCUT2D eigenvalue weighted by Crippen LogP contribution is -2.26. The number of hydrogen-bond acceptors (Lipinski definition) is 1. The van der Waals surface area contributed by atoms with Crippen molar-refractivity contribution >= 4 is 5.91 Å². The highest BCUT2D eigenvalue weighted by molar-refractivity contribution is 5.94. The zero-order valence-electron chi connectivity index (χ0n) is 10.8. The van der Waals surface area contributed by atoms with E-state index < -0.39 is 5.82 Å². The summed E-state index contributed by atoms with van der Waals surface area (Å²) in [6.45, 7) is 2.33. The van der Waals surface area contributed by atoms with Gasteiger partial charge in [0.2, 0.25) is 0 Å². The highest BCUT2D eigenvalue weighted by Crippen LogP contribution is 2.09. The van der Waals surface area contributed by atoms with Crippen LogP contribution in [0.4, 0.5) is 4.39 Å². The van der Waals surface area contributed by atoms with Gasteiger partial charge in [0.15, 0.2) is 0 Å². The van der Waals surface area contributed by atoms with Crippen molar-refractivity contribution in [3.05, 3.63) is 71.0 Å². The van der Waals surface area contributed by atoms with Gasteiger partial charge in [-0.3, -0.25) is 4.79 Å². The third-order valence-corrected chi connectivity index (χ3v) is 2.91. The first-order valence-electron chi connectivity index (χ1n) is 6.25. The summed E-state index contributed by atoms with van der Waals surface area (Å²) in [7, 11) is 0. The van der Waals surface area contributed by atoms with Crippen LogP contribution in [0.25, 0.3) is 0 Å². The van der Waals surface area contributed by atoms with Gasteiger partial charge in [0.05, 0.1) is 5.56 Å². The molecule has 0 aliphatic carbocycles. The Hall–Kier alpha value is -2.16. The first kappa shape index (κ1) is 13.3. The molecule has 0 unspecified atom stereocenters. The summed E-state index contributed by atoms with van der Waals surface area (Å²) in [5.41, 5.74) is 2.12. The summed E-state index contributed by atoms with van der Waals surface area (Å²) in [5, 5.41) is 2.74. The third-order valence-electron chi connectivity index (χ3n) is 2.91. The number of amides is 1. The minimum absolute atomic E-state index is 0.105.